The minimum atomic E-state index is -0.243. The van der Waals surface area contributed by atoms with Crippen LogP contribution < -0.4 is 5.32 Å². The Kier molecular flexibility index (Phi) is 3.08. The van der Waals surface area contributed by atoms with Crippen LogP contribution in [0, 0.1) is 12.8 Å². The molecule has 4 nitrogen and oxygen atoms in total. The van der Waals surface area contributed by atoms with Gasteiger partial charge in [0.1, 0.15) is 11.5 Å². The van der Waals surface area contributed by atoms with Gasteiger partial charge in [-0.15, -0.1) is 0 Å². The number of furan rings is 1. The SMILES string of the molecule is Cc1ccc(C(=O)NC[C@H]2CCCC2=O)o1. The minimum Gasteiger partial charge on any atom is -0.456 e. The van der Waals surface area contributed by atoms with Crippen LogP contribution in [-0.2, 0) is 4.79 Å². The van der Waals surface area contributed by atoms with E-state index in [9.17, 15) is 9.59 Å². The quantitative estimate of drug-likeness (QED) is 0.844. The molecule has 86 valence electrons. The Labute approximate surface area is 94.0 Å². The lowest BCUT2D eigenvalue weighted by atomic mass is 10.1. The van der Waals surface area contributed by atoms with Crippen LogP contribution in [0.4, 0.5) is 0 Å². The summed E-state index contributed by atoms with van der Waals surface area (Å²) in [6, 6.07) is 3.39. The lowest BCUT2D eigenvalue weighted by Gasteiger charge is -2.08. The van der Waals surface area contributed by atoms with E-state index in [0.29, 0.717) is 24.5 Å². The highest BCUT2D eigenvalue weighted by molar-refractivity contribution is 5.92. The molecule has 1 aliphatic rings. The zero-order chi connectivity index (χ0) is 11.5. The van der Waals surface area contributed by atoms with Crippen molar-refractivity contribution in [3.8, 4) is 0 Å². The molecule has 1 atom stereocenters. The largest absolute Gasteiger partial charge is 0.456 e. The van der Waals surface area contributed by atoms with Gasteiger partial charge in [-0.3, -0.25) is 9.59 Å². The second-order valence-electron chi connectivity index (χ2n) is 4.18. The van der Waals surface area contributed by atoms with Gasteiger partial charge in [0.05, 0.1) is 0 Å². The van der Waals surface area contributed by atoms with E-state index in [1.165, 1.54) is 0 Å². The summed E-state index contributed by atoms with van der Waals surface area (Å²) in [5.74, 6) is 1.04. The molecule has 0 bridgehead atoms. The average Bonchev–Trinajstić information content (AvgIpc) is 2.84. The van der Waals surface area contributed by atoms with Crippen LogP contribution in [-0.4, -0.2) is 18.2 Å². The lowest BCUT2D eigenvalue weighted by Crippen LogP contribution is -2.30. The number of aryl methyl sites for hydroxylation is 1. The third kappa shape index (κ3) is 2.32. The highest BCUT2D eigenvalue weighted by Gasteiger charge is 2.24. The summed E-state index contributed by atoms with van der Waals surface area (Å²) in [5.41, 5.74) is 0. The Balaban J connectivity index is 1.86. The van der Waals surface area contributed by atoms with Gasteiger partial charge in [0, 0.05) is 18.9 Å². The van der Waals surface area contributed by atoms with Crippen molar-refractivity contribution in [2.45, 2.75) is 26.2 Å². The molecular weight excluding hydrogens is 206 g/mol. The number of hydrogen-bond acceptors (Lipinski definition) is 3. The molecule has 4 heteroatoms. The van der Waals surface area contributed by atoms with Crippen LogP contribution >= 0.6 is 0 Å². The molecule has 0 aliphatic heterocycles. The van der Waals surface area contributed by atoms with Gasteiger partial charge in [-0.2, -0.15) is 0 Å². The van der Waals surface area contributed by atoms with Gasteiger partial charge in [-0.25, -0.2) is 0 Å². The molecule has 1 aromatic rings. The summed E-state index contributed by atoms with van der Waals surface area (Å²) in [7, 11) is 0. The maximum absolute atomic E-state index is 11.6. The lowest BCUT2D eigenvalue weighted by molar-refractivity contribution is -0.120. The number of amides is 1. The zero-order valence-corrected chi connectivity index (χ0v) is 9.29. The van der Waals surface area contributed by atoms with Gasteiger partial charge in [0.25, 0.3) is 5.91 Å². The second-order valence-corrected chi connectivity index (χ2v) is 4.18. The maximum atomic E-state index is 11.6. The molecule has 0 saturated heterocycles. The molecular formula is C12H15NO3. The van der Waals surface area contributed by atoms with Crippen molar-refractivity contribution >= 4 is 11.7 Å². The average molecular weight is 221 g/mol. The smallest absolute Gasteiger partial charge is 0.287 e. The number of hydrogen-bond donors (Lipinski definition) is 1. The first-order chi connectivity index (χ1) is 7.66. The molecule has 0 aromatic carbocycles. The zero-order valence-electron chi connectivity index (χ0n) is 9.29. The molecule has 1 saturated carbocycles. The third-order valence-corrected chi connectivity index (χ3v) is 2.90. The van der Waals surface area contributed by atoms with E-state index in [-0.39, 0.29) is 17.6 Å². The molecule has 2 rings (SSSR count). The van der Waals surface area contributed by atoms with Crippen LogP contribution in [0.5, 0.6) is 0 Å². The summed E-state index contributed by atoms with van der Waals surface area (Å²) < 4.78 is 5.19. The molecule has 1 heterocycles. The van der Waals surface area contributed by atoms with E-state index in [1.807, 2.05) is 0 Å². The number of Topliss-reactive ketones (excluding diaryl/α,β-unsaturated/α-hetero) is 1. The molecule has 0 spiro atoms. The summed E-state index contributed by atoms with van der Waals surface area (Å²) in [4.78, 5) is 23.0. The maximum Gasteiger partial charge on any atom is 0.287 e. The van der Waals surface area contributed by atoms with Crippen molar-refractivity contribution in [2.75, 3.05) is 6.54 Å². The third-order valence-electron chi connectivity index (χ3n) is 2.90. The Hall–Kier alpha value is -1.58. The normalized spacial score (nSPS) is 20.1. The number of nitrogens with one attached hydrogen (secondary N) is 1. The van der Waals surface area contributed by atoms with Crippen LogP contribution in [0.1, 0.15) is 35.6 Å². The first-order valence-electron chi connectivity index (χ1n) is 5.54. The summed E-state index contributed by atoms with van der Waals surface area (Å²) >= 11 is 0. The topological polar surface area (TPSA) is 59.3 Å². The highest BCUT2D eigenvalue weighted by atomic mass is 16.3. The van der Waals surface area contributed by atoms with Crippen LogP contribution in [0.25, 0.3) is 0 Å². The Morgan fingerprint density at radius 2 is 2.38 bits per heavy atom. The molecule has 16 heavy (non-hydrogen) atoms. The summed E-state index contributed by atoms with van der Waals surface area (Å²) in [5, 5.41) is 2.73. The van der Waals surface area contributed by atoms with Crippen LogP contribution in [0.15, 0.2) is 16.5 Å². The molecule has 1 aliphatic carbocycles. The fourth-order valence-electron chi connectivity index (χ4n) is 1.96. The molecule has 1 aromatic heterocycles. The van der Waals surface area contributed by atoms with Gasteiger partial charge < -0.3 is 9.73 Å². The number of carbonyl (C=O) groups is 2. The van der Waals surface area contributed by atoms with Gasteiger partial charge in [-0.1, -0.05) is 0 Å². The minimum absolute atomic E-state index is 0.00000850. The van der Waals surface area contributed by atoms with Crippen molar-refractivity contribution in [1.29, 1.82) is 0 Å². The predicted molar refractivity (Wildman–Crippen MR) is 58.1 cm³/mol. The fraction of sp³-hybridized carbons (Fsp3) is 0.500. The van der Waals surface area contributed by atoms with Gasteiger partial charge >= 0.3 is 0 Å². The number of ketones is 1. The summed E-state index contributed by atoms with van der Waals surface area (Å²) in [6.07, 6.45) is 2.48. The highest BCUT2D eigenvalue weighted by Crippen LogP contribution is 2.20. The number of carbonyl (C=O) groups excluding carboxylic acids is 2. The first kappa shape index (κ1) is 10.9. The molecule has 0 radical (unpaired) electrons. The van der Waals surface area contributed by atoms with Crippen molar-refractivity contribution in [1.82, 2.24) is 5.32 Å². The van der Waals surface area contributed by atoms with E-state index < -0.39 is 0 Å². The predicted octanol–water partition coefficient (Wildman–Crippen LogP) is 1.69. The molecule has 1 amide bonds. The molecule has 1 fully saturated rings. The Bertz CT molecular complexity index is 408. The van der Waals surface area contributed by atoms with Crippen molar-refractivity contribution in [2.24, 2.45) is 5.92 Å². The van der Waals surface area contributed by atoms with E-state index >= 15 is 0 Å². The first-order valence-corrected chi connectivity index (χ1v) is 5.54. The molecule has 0 unspecified atom stereocenters. The van der Waals surface area contributed by atoms with E-state index in [1.54, 1.807) is 19.1 Å². The number of rotatable bonds is 3. The van der Waals surface area contributed by atoms with Crippen molar-refractivity contribution in [3.63, 3.8) is 0 Å². The van der Waals surface area contributed by atoms with Crippen molar-refractivity contribution in [3.05, 3.63) is 23.7 Å². The molecule has 1 N–H and O–H groups in total. The van der Waals surface area contributed by atoms with Gasteiger partial charge in [0.2, 0.25) is 0 Å². The van der Waals surface area contributed by atoms with E-state index in [2.05, 4.69) is 5.32 Å². The van der Waals surface area contributed by atoms with E-state index in [4.69, 9.17) is 4.42 Å². The van der Waals surface area contributed by atoms with E-state index in [0.717, 1.165) is 12.8 Å². The van der Waals surface area contributed by atoms with Crippen molar-refractivity contribution < 1.29 is 14.0 Å². The Morgan fingerprint density at radius 1 is 1.56 bits per heavy atom. The Morgan fingerprint density at radius 3 is 2.94 bits per heavy atom. The summed E-state index contributed by atoms with van der Waals surface area (Å²) in [6.45, 7) is 2.22. The second kappa shape index (κ2) is 4.51. The van der Waals surface area contributed by atoms with Crippen LogP contribution in [0.2, 0.25) is 0 Å². The fourth-order valence-corrected chi connectivity index (χ4v) is 1.96. The van der Waals surface area contributed by atoms with Crippen LogP contribution in [0.3, 0.4) is 0 Å². The monoisotopic (exact) mass is 221 g/mol. The van der Waals surface area contributed by atoms with Gasteiger partial charge in [0.15, 0.2) is 5.76 Å². The van der Waals surface area contributed by atoms with Gasteiger partial charge in [-0.05, 0) is 31.9 Å². The standard InChI is InChI=1S/C12H15NO3/c1-8-5-6-11(16-8)12(15)13-7-9-3-2-4-10(9)14/h5-6,9H,2-4,7H2,1H3,(H,13,15)/t9-/m1/s1.